The van der Waals surface area contributed by atoms with E-state index >= 15 is 0 Å². The van der Waals surface area contributed by atoms with Gasteiger partial charge in [-0.05, 0) is 13.0 Å². The molecule has 0 saturated carbocycles. The molecule has 0 fully saturated rings. The zero-order chi connectivity index (χ0) is 9.26. The van der Waals surface area contributed by atoms with Crippen LogP contribution in [0.5, 0.6) is 0 Å². The topological polar surface area (TPSA) is 69.8 Å². The first-order valence-electron chi connectivity index (χ1n) is 4.32. The largest absolute Gasteiger partial charge is 0.373 e. The van der Waals surface area contributed by atoms with Crippen LogP contribution >= 0.6 is 0 Å². The Morgan fingerprint density at radius 1 is 1.54 bits per heavy atom. The Morgan fingerprint density at radius 2 is 2.38 bits per heavy atom. The summed E-state index contributed by atoms with van der Waals surface area (Å²) < 4.78 is 0. The van der Waals surface area contributed by atoms with Gasteiger partial charge in [0.1, 0.15) is 5.82 Å². The number of hydrogen-bond acceptors (Lipinski definition) is 4. The fraction of sp³-hybridized carbons (Fsp3) is 0.500. The highest BCUT2D eigenvalue weighted by Crippen LogP contribution is 2.16. The quantitative estimate of drug-likeness (QED) is 0.542. The van der Waals surface area contributed by atoms with Gasteiger partial charge in [-0.1, -0.05) is 0 Å². The molecule has 0 unspecified atom stereocenters. The maximum atomic E-state index is 11.1. The lowest BCUT2D eigenvalue weighted by Crippen LogP contribution is -2.29. The molecule has 70 valence electrons. The molecule has 0 bridgehead atoms. The molecule has 13 heavy (non-hydrogen) atoms. The van der Waals surface area contributed by atoms with Crippen LogP contribution in [-0.4, -0.2) is 23.6 Å². The Morgan fingerprint density at radius 3 is 3.15 bits per heavy atom. The Kier molecular flexibility index (Phi) is 2.02. The van der Waals surface area contributed by atoms with E-state index in [1.54, 1.807) is 7.05 Å². The van der Waals surface area contributed by atoms with Crippen molar-refractivity contribution in [3.05, 3.63) is 21.7 Å². The van der Waals surface area contributed by atoms with E-state index in [1.807, 2.05) is 0 Å². The first-order valence-corrected chi connectivity index (χ1v) is 4.32. The number of fused-ring (bicyclic) bond motifs is 1. The van der Waals surface area contributed by atoms with Crippen LogP contribution in [0.2, 0.25) is 0 Å². The summed E-state index contributed by atoms with van der Waals surface area (Å²) in [4.78, 5) is 17.7. The Bertz CT molecular complexity index is 351. The van der Waals surface area contributed by atoms with Gasteiger partial charge in [0.25, 0.3) is 0 Å². The maximum Gasteiger partial charge on any atom is 0.347 e. The number of aromatic amines is 1. The average molecular weight is 180 g/mol. The lowest BCUT2D eigenvalue weighted by atomic mass is 10.1. The monoisotopic (exact) mass is 180 g/mol. The summed E-state index contributed by atoms with van der Waals surface area (Å²) in [6.07, 6.45) is 0.912. The summed E-state index contributed by atoms with van der Waals surface area (Å²) >= 11 is 0. The molecule has 5 nitrogen and oxygen atoms in total. The van der Waals surface area contributed by atoms with Gasteiger partial charge in [0.15, 0.2) is 0 Å². The SMILES string of the molecule is CNc1nc(=O)[nH]c2c1CCNC2. The lowest BCUT2D eigenvalue weighted by molar-refractivity contribution is 0.621. The lowest BCUT2D eigenvalue weighted by Gasteiger charge is -2.18. The molecule has 1 aliphatic heterocycles. The standard InChI is InChI=1S/C8H12N4O/c1-9-7-5-2-3-10-4-6(5)11-8(13)12-7/h10H,2-4H2,1H3,(H2,9,11,12,13). The summed E-state index contributed by atoms with van der Waals surface area (Å²) in [5.74, 6) is 0.709. The van der Waals surface area contributed by atoms with Crippen LogP contribution in [0.3, 0.4) is 0 Å². The molecule has 2 heterocycles. The highest BCUT2D eigenvalue weighted by molar-refractivity contribution is 5.46. The summed E-state index contributed by atoms with van der Waals surface area (Å²) in [6.45, 7) is 1.66. The molecule has 0 spiro atoms. The van der Waals surface area contributed by atoms with Crippen LogP contribution in [0, 0.1) is 0 Å². The summed E-state index contributed by atoms with van der Waals surface area (Å²) in [5.41, 5.74) is 1.79. The molecule has 2 rings (SSSR count). The van der Waals surface area contributed by atoms with E-state index in [9.17, 15) is 4.79 Å². The molecule has 0 aliphatic carbocycles. The first-order chi connectivity index (χ1) is 6.31. The van der Waals surface area contributed by atoms with Crippen molar-refractivity contribution in [3.8, 4) is 0 Å². The number of H-pyrrole nitrogens is 1. The molecular formula is C8H12N4O. The zero-order valence-corrected chi connectivity index (χ0v) is 7.48. The van der Waals surface area contributed by atoms with Crippen LogP contribution in [-0.2, 0) is 13.0 Å². The van der Waals surface area contributed by atoms with E-state index in [1.165, 1.54) is 0 Å². The average Bonchev–Trinajstić information content (AvgIpc) is 2.16. The summed E-state index contributed by atoms with van der Waals surface area (Å²) in [6, 6.07) is 0. The van der Waals surface area contributed by atoms with Crippen molar-refractivity contribution < 1.29 is 0 Å². The van der Waals surface area contributed by atoms with E-state index in [-0.39, 0.29) is 5.69 Å². The summed E-state index contributed by atoms with van der Waals surface area (Å²) in [5, 5.41) is 6.13. The minimum atomic E-state index is -0.285. The second kappa shape index (κ2) is 3.18. The number of hydrogen-bond donors (Lipinski definition) is 3. The minimum Gasteiger partial charge on any atom is -0.373 e. The molecule has 0 aromatic carbocycles. The van der Waals surface area contributed by atoms with Crippen LogP contribution in [0.15, 0.2) is 4.79 Å². The van der Waals surface area contributed by atoms with Gasteiger partial charge in [-0.15, -0.1) is 0 Å². The molecule has 0 saturated heterocycles. The molecule has 3 N–H and O–H groups in total. The van der Waals surface area contributed by atoms with Gasteiger partial charge in [-0.2, -0.15) is 4.98 Å². The van der Waals surface area contributed by atoms with Gasteiger partial charge < -0.3 is 15.6 Å². The molecule has 0 amide bonds. The Hall–Kier alpha value is -1.36. The number of rotatable bonds is 1. The van der Waals surface area contributed by atoms with Crippen molar-refractivity contribution in [1.82, 2.24) is 15.3 Å². The van der Waals surface area contributed by atoms with Crippen molar-refractivity contribution in [3.63, 3.8) is 0 Å². The third-order valence-electron chi connectivity index (χ3n) is 2.21. The van der Waals surface area contributed by atoms with Crippen molar-refractivity contribution >= 4 is 5.82 Å². The second-order valence-corrected chi connectivity index (χ2v) is 3.02. The summed E-state index contributed by atoms with van der Waals surface area (Å²) in [7, 11) is 1.78. The van der Waals surface area contributed by atoms with Crippen LogP contribution < -0.4 is 16.3 Å². The second-order valence-electron chi connectivity index (χ2n) is 3.02. The Balaban J connectivity index is 2.57. The van der Waals surface area contributed by atoms with Gasteiger partial charge in [0.05, 0.1) is 0 Å². The fourth-order valence-corrected chi connectivity index (χ4v) is 1.60. The molecule has 1 aromatic heterocycles. The van der Waals surface area contributed by atoms with Crippen molar-refractivity contribution in [2.45, 2.75) is 13.0 Å². The van der Waals surface area contributed by atoms with Crippen LogP contribution in [0.25, 0.3) is 0 Å². The molecule has 0 radical (unpaired) electrons. The minimum absolute atomic E-state index is 0.285. The smallest absolute Gasteiger partial charge is 0.347 e. The third-order valence-corrected chi connectivity index (χ3v) is 2.21. The van der Waals surface area contributed by atoms with Crippen LogP contribution in [0.1, 0.15) is 11.3 Å². The molecule has 5 heteroatoms. The normalized spacial score (nSPS) is 15.2. The van der Waals surface area contributed by atoms with Gasteiger partial charge >= 0.3 is 5.69 Å². The molecule has 1 aromatic rings. The van der Waals surface area contributed by atoms with E-state index in [0.29, 0.717) is 5.82 Å². The zero-order valence-electron chi connectivity index (χ0n) is 7.48. The highest BCUT2D eigenvalue weighted by Gasteiger charge is 2.14. The van der Waals surface area contributed by atoms with Gasteiger partial charge in [-0.3, -0.25) is 0 Å². The van der Waals surface area contributed by atoms with Gasteiger partial charge in [0, 0.05) is 24.8 Å². The van der Waals surface area contributed by atoms with Crippen molar-refractivity contribution in [1.29, 1.82) is 0 Å². The van der Waals surface area contributed by atoms with Crippen molar-refractivity contribution in [2.24, 2.45) is 0 Å². The highest BCUT2D eigenvalue weighted by atomic mass is 16.1. The van der Waals surface area contributed by atoms with E-state index in [0.717, 1.165) is 30.8 Å². The predicted octanol–water partition coefficient (Wildman–Crippen LogP) is -0.543. The number of anilines is 1. The van der Waals surface area contributed by atoms with Crippen molar-refractivity contribution in [2.75, 3.05) is 18.9 Å². The van der Waals surface area contributed by atoms with Gasteiger partial charge in [0.2, 0.25) is 0 Å². The number of aromatic nitrogens is 2. The predicted molar refractivity (Wildman–Crippen MR) is 49.8 cm³/mol. The maximum absolute atomic E-state index is 11.1. The first kappa shape index (κ1) is 8.25. The molecule has 1 aliphatic rings. The van der Waals surface area contributed by atoms with E-state index in [4.69, 9.17) is 0 Å². The fourth-order valence-electron chi connectivity index (χ4n) is 1.60. The number of nitrogens with zero attached hydrogens (tertiary/aromatic N) is 1. The van der Waals surface area contributed by atoms with E-state index < -0.39 is 0 Å². The van der Waals surface area contributed by atoms with E-state index in [2.05, 4.69) is 20.6 Å². The molecular weight excluding hydrogens is 168 g/mol. The van der Waals surface area contributed by atoms with Crippen LogP contribution in [0.4, 0.5) is 5.82 Å². The molecule has 0 atom stereocenters. The number of nitrogens with one attached hydrogen (secondary N) is 3. The van der Waals surface area contributed by atoms with Gasteiger partial charge in [-0.25, -0.2) is 4.79 Å². The third kappa shape index (κ3) is 1.42. The Labute approximate surface area is 75.6 Å².